The third kappa shape index (κ3) is 4.29. The Kier molecular flexibility index (Phi) is 5.73. The number of thiophene rings is 1. The molecule has 2 rings (SSSR count). The van der Waals surface area contributed by atoms with Crippen LogP contribution in [0, 0.1) is 20.8 Å². The summed E-state index contributed by atoms with van der Waals surface area (Å²) in [7, 11) is 1.32. The van der Waals surface area contributed by atoms with E-state index in [1.165, 1.54) is 30.2 Å². The summed E-state index contributed by atoms with van der Waals surface area (Å²) < 4.78 is 4.79. The highest BCUT2D eigenvalue weighted by Crippen LogP contribution is 2.33. The fourth-order valence-corrected chi connectivity index (χ4v) is 3.59. The van der Waals surface area contributed by atoms with E-state index in [-0.39, 0.29) is 11.7 Å². The van der Waals surface area contributed by atoms with Crippen molar-refractivity contribution in [1.82, 2.24) is 9.97 Å². The first-order valence-corrected chi connectivity index (χ1v) is 8.63. The van der Waals surface area contributed by atoms with Crippen molar-refractivity contribution in [3.63, 3.8) is 0 Å². The fourth-order valence-electron chi connectivity index (χ4n) is 1.85. The summed E-state index contributed by atoms with van der Waals surface area (Å²) in [5.74, 6) is -0.497. The lowest BCUT2D eigenvalue weighted by atomic mass is 10.1. The normalized spacial score (nSPS) is 10.4. The van der Waals surface area contributed by atoms with Crippen LogP contribution in [0.3, 0.4) is 0 Å². The number of hydrogen-bond donors (Lipinski definition) is 1. The first-order valence-electron chi connectivity index (χ1n) is 6.83. The SMILES string of the molecule is COC(=O)c1c(NC(=O)CSc2nccc(C)n2)sc(C)c1C. The molecule has 1 N–H and O–H groups in total. The van der Waals surface area contributed by atoms with Gasteiger partial charge in [0.25, 0.3) is 0 Å². The zero-order valence-corrected chi connectivity index (χ0v) is 14.9. The Morgan fingerprint density at radius 3 is 2.74 bits per heavy atom. The minimum absolute atomic E-state index is 0.167. The summed E-state index contributed by atoms with van der Waals surface area (Å²) >= 11 is 2.61. The lowest BCUT2D eigenvalue weighted by Gasteiger charge is -2.06. The number of rotatable bonds is 5. The van der Waals surface area contributed by atoms with Crippen LogP contribution in [0.15, 0.2) is 17.4 Å². The molecule has 0 spiro atoms. The van der Waals surface area contributed by atoms with Gasteiger partial charge in [0.2, 0.25) is 5.91 Å². The second-order valence-electron chi connectivity index (χ2n) is 4.80. The van der Waals surface area contributed by atoms with Gasteiger partial charge >= 0.3 is 5.97 Å². The van der Waals surface area contributed by atoms with Crippen molar-refractivity contribution < 1.29 is 14.3 Å². The summed E-state index contributed by atoms with van der Waals surface area (Å²) in [5, 5.41) is 3.84. The summed E-state index contributed by atoms with van der Waals surface area (Å²) in [6, 6.07) is 1.80. The van der Waals surface area contributed by atoms with Crippen LogP contribution >= 0.6 is 23.1 Å². The largest absolute Gasteiger partial charge is 0.465 e. The zero-order chi connectivity index (χ0) is 17.0. The van der Waals surface area contributed by atoms with Crippen LogP contribution in [-0.2, 0) is 9.53 Å². The minimum atomic E-state index is -0.447. The number of ether oxygens (including phenoxy) is 1. The summed E-state index contributed by atoms with van der Waals surface area (Å²) in [5.41, 5.74) is 2.09. The molecule has 6 nitrogen and oxygen atoms in total. The van der Waals surface area contributed by atoms with Crippen LogP contribution < -0.4 is 5.32 Å². The number of nitrogens with zero attached hydrogens (tertiary/aromatic N) is 2. The van der Waals surface area contributed by atoms with Crippen molar-refractivity contribution in [3.05, 3.63) is 34.0 Å². The number of thioether (sulfide) groups is 1. The summed E-state index contributed by atoms with van der Waals surface area (Å²) in [6.45, 7) is 5.60. The average molecular weight is 351 g/mol. The molecule has 2 aromatic heterocycles. The van der Waals surface area contributed by atoms with E-state index in [9.17, 15) is 9.59 Å². The second kappa shape index (κ2) is 7.56. The summed E-state index contributed by atoms with van der Waals surface area (Å²) in [4.78, 5) is 33.3. The van der Waals surface area contributed by atoms with Crippen LogP contribution in [0.5, 0.6) is 0 Å². The molecule has 0 aromatic carbocycles. The number of aromatic nitrogens is 2. The molecule has 0 aliphatic rings. The number of aryl methyl sites for hydroxylation is 2. The summed E-state index contributed by atoms with van der Waals surface area (Å²) in [6.07, 6.45) is 1.66. The Balaban J connectivity index is 2.06. The molecule has 0 saturated heterocycles. The lowest BCUT2D eigenvalue weighted by Crippen LogP contribution is -2.16. The molecule has 0 radical (unpaired) electrons. The Labute approximate surface area is 142 Å². The van der Waals surface area contributed by atoms with E-state index in [0.29, 0.717) is 15.7 Å². The Morgan fingerprint density at radius 1 is 1.35 bits per heavy atom. The molecule has 2 aromatic rings. The number of hydrogen-bond acceptors (Lipinski definition) is 7. The third-order valence-electron chi connectivity index (χ3n) is 3.13. The number of carbonyl (C=O) groups excluding carboxylic acids is 2. The van der Waals surface area contributed by atoms with Crippen molar-refractivity contribution in [2.75, 3.05) is 18.2 Å². The standard InChI is InChI=1S/C15H17N3O3S2/c1-8-5-6-16-15(17-8)22-7-11(19)18-13-12(14(20)21-4)9(2)10(3)23-13/h5-6H,7H2,1-4H3,(H,18,19). The highest BCUT2D eigenvalue weighted by molar-refractivity contribution is 7.99. The second-order valence-corrected chi connectivity index (χ2v) is 6.96. The Morgan fingerprint density at radius 2 is 2.09 bits per heavy atom. The lowest BCUT2D eigenvalue weighted by molar-refractivity contribution is -0.113. The van der Waals surface area contributed by atoms with Gasteiger partial charge in [-0.3, -0.25) is 4.79 Å². The quantitative estimate of drug-likeness (QED) is 0.507. The topological polar surface area (TPSA) is 81.2 Å². The minimum Gasteiger partial charge on any atom is -0.465 e. The number of methoxy groups -OCH3 is 1. The fraction of sp³-hybridized carbons (Fsp3) is 0.333. The van der Waals surface area contributed by atoms with E-state index in [0.717, 1.165) is 16.1 Å². The van der Waals surface area contributed by atoms with Gasteiger partial charge in [0, 0.05) is 16.8 Å². The van der Waals surface area contributed by atoms with Gasteiger partial charge < -0.3 is 10.1 Å². The third-order valence-corrected chi connectivity index (χ3v) is 5.12. The van der Waals surface area contributed by atoms with Crippen molar-refractivity contribution in [1.29, 1.82) is 0 Å². The number of anilines is 1. The van der Waals surface area contributed by atoms with E-state index in [1.807, 2.05) is 20.8 Å². The zero-order valence-electron chi connectivity index (χ0n) is 13.3. The smallest absolute Gasteiger partial charge is 0.341 e. The van der Waals surface area contributed by atoms with Gasteiger partial charge in [-0.2, -0.15) is 0 Å². The molecular formula is C15H17N3O3S2. The van der Waals surface area contributed by atoms with E-state index in [4.69, 9.17) is 4.74 Å². The van der Waals surface area contributed by atoms with Crippen molar-refractivity contribution in [2.24, 2.45) is 0 Å². The molecule has 0 unspecified atom stereocenters. The molecule has 122 valence electrons. The highest BCUT2D eigenvalue weighted by Gasteiger charge is 2.21. The molecule has 1 amide bonds. The Hall–Kier alpha value is -1.93. The molecular weight excluding hydrogens is 334 g/mol. The monoisotopic (exact) mass is 351 g/mol. The van der Waals surface area contributed by atoms with E-state index >= 15 is 0 Å². The van der Waals surface area contributed by atoms with Crippen LogP contribution in [0.4, 0.5) is 5.00 Å². The van der Waals surface area contributed by atoms with Gasteiger partial charge in [0.05, 0.1) is 18.4 Å². The van der Waals surface area contributed by atoms with Crippen molar-refractivity contribution in [2.45, 2.75) is 25.9 Å². The first-order chi connectivity index (χ1) is 10.9. The van der Waals surface area contributed by atoms with Gasteiger partial charge in [-0.1, -0.05) is 11.8 Å². The molecule has 0 saturated carbocycles. The predicted molar refractivity (Wildman–Crippen MR) is 91.3 cm³/mol. The maximum Gasteiger partial charge on any atom is 0.341 e. The molecule has 2 heterocycles. The van der Waals surface area contributed by atoms with Gasteiger partial charge in [0.1, 0.15) is 5.00 Å². The van der Waals surface area contributed by atoms with Crippen molar-refractivity contribution >= 4 is 40.0 Å². The number of carbonyl (C=O) groups is 2. The van der Waals surface area contributed by atoms with Gasteiger partial charge in [-0.05, 0) is 32.4 Å². The molecule has 0 atom stereocenters. The highest BCUT2D eigenvalue weighted by atomic mass is 32.2. The van der Waals surface area contributed by atoms with E-state index < -0.39 is 5.97 Å². The van der Waals surface area contributed by atoms with Crippen molar-refractivity contribution in [3.8, 4) is 0 Å². The van der Waals surface area contributed by atoms with Crippen LogP contribution in [0.25, 0.3) is 0 Å². The van der Waals surface area contributed by atoms with Gasteiger partial charge in [-0.25, -0.2) is 14.8 Å². The number of nitrogens with one attached hydrogen (secondary N) is 1. The molecule has 0 aliphatic carbocycles. The maximum absolute atomic E-state index is 12.1. The first kappa shape index (κ1) is 17.4. The Bertz CT molecular complexity index is 744. The van der Waals surface area contributed by atoms with Gasteiger partial charge in [-0.15, -0.1) is 11.3 Å². The molecule has 0 fully saturated rings. The van der Waals surface area contributed by atoms with E-state index in [2.05, 4.69) is 15.3 Å². The van der Waals surface area contributed by atoms with Crippen LogP contribution in [0.2, 0.25) is 0 Å². The molecule has 23 heavy (non-hydrogen) atoms. The predicted octanol–water partition coefficient (Wildman–Crippen LogP) is 2.98. The van der Waals surface area contributed by atoms with Crippen LogP contribution in [0.1, 0.15) is 26.5 Å². The molecule has 8 heteroatoms. The van der Waals surface area contributed by atoms with Gasteiger partial charge in [0.15, 0.2) is 5.16 Å². The number of amides is 1. The average Bonchev–Trinajstić information content (AvgIpc) is 2.79. The van der Waals surface area contributed by atoms with Crippen LogP contribution in [-0.4, -0.2) is 34.7 Å². The number of esters is 1. The molecule has 0 aliphatic heterocycles. The maximum atomic E-state index is 12.1. The molecule has 0 bridgehead atoms. The van der Waals surface area contributed by atoms with E-state index in [1.54, 1.807) is 12.3 Å².